The van der Waals surface area contributed by atoms with E-state index in [2.05, 4.69) is 5.32 Å². The Morgan fingerprint density at radius 2 is 2.05 bits per heavy atom. The van der Waals surface area contributed by atoms with E-state index in [0.29, 0.717) is 22.7 Å². The third kappa shape index (κ3) is 3.35. The average Bonchev–Trinajstić information content (AvgIpc) is 2.84. The highest BCUT2D eigenvalue weighted by molar-refractivity contribution is 7.17. The molecule has 1 aliphatic rings. The summed E-state index contributed by atoms with van der Waals surface area (Å²) in [6, 6.07) is 0. The van der Waals surface area contributed by atoms with Gasteiger partial charge >= 0.3 is 5.97 Å². The molecule has 0 bridgehead atoms. The van der Waals surface area contributed by atoms with Crippen molar-refractivity contribution < 1.29 is 14.3 Å². The van der Waals surface area contributed by atoms with Crippen molar-refractivity contribution in [3.63, 3.8) is 0 Å². The fourth-order valence-corrected chi connectivity index (χ4v) is 3.68. The minimum Gasteiger partial charge on any atom is -0.462 e. The molecule has 0 saturated carbocycles. The molecule has 5 heteroatoms. The molecule has 21 heavy (non-hydrogen) atoms. The summed E-state index contributed by atoms with van der Waals surface area (Å²) in [6.45, 7) is 5.71. The van der Waals surface area contributed by atoms with E-state index in [1.165, 1.54) is 16.2 Å². The summed E-state index contributed by atoms with van der Waals surface area (Å²) >= 11 is 1.51. The molecule has 0 unspecified atom stereocenters. The number of aryl methyl sites for hydroxylation is 1. The SMILES string of the molecule is C/C=C(\C)C(=O)Nc1sc2c(c1C(=O)OCC)CCCC2. The normalized spacial score (nSPS) is 14.5. The fraction of sp³-hybridized carbons (Fsp3) is 0.500. The summed E-state index contributed by atoms with van der Waals surface area (Å²) in [4.78, 5) is 25.5. The van der Waals surface area contributed by atoms with Gasteiger partial charge in [-0.3, -0.25) is 4.79 Å². The average molecular weight is 307 g/mol. The molecule has 1 heterocycles. The molecule has 1 amide bonds. The number of esters is 1. The Bertz CT molecular complexity index is 587. The number of nitrogens with one attached hydrogen (secondary N) is 1. The second kappa shape index (κ2) is 6.89. The summed E-state index contributed by atoms with van der Waals surface area (Å²) in [5.74, 6) is -0.494. The number of allylic oxidation sites excluding steroid dienone is 1. The predicted octanol–water partition coefficient (Wildman–Crippen LogP) is 3.71. The monoisotopic (exact) mass is 307 g/mol. The number of carbonyl (C=O) groups is 2. The quantitative estimate of drug-likeness (QED) is 0.681. The van der Waals surface area contributed by atoms with Crippen LogP contribution in [-0.4, -0.2) is 18.5 Å². The Morgan fingerprint density at radius 1 is 1.33 bits per heavy atom. The van der Waals surface area contributed by atoms with Crippen LogP contribution < -0.4 is 5.32 Å². The van der Waals surface area contributed by atoms with Gasteiger partial charge in [-0.1, -0.05) is 6.08 Å². The number of ether oxygens (including phenoxy) is 1. The lowest BCUT2D eigenvalue weighted by Crippen LogP contribution is -2.16. The molecular weight excluding hydrogens is 286 g/mol. The van der Waals surface area contributed by atoms with Crippen LogP contribution in [-0.2, 0) is 22.4 Å². The van der Waals surface area contributed by atoms with Gasteiger partial charge in [-0.15, -0.1) is 11.3 Å². The smallest absolute Gasteiger partial charge is 0.341 e. The van der Waals surface area contributed by atoms with Gasteiger partial charge < -0.3 is 10.1 Å². The maximum atomic E-state index is 12.2. The van der Waals surface area contributed by atoms with Gasteiger partial charge in [0.05, 0.1) is 12.2 Å². The van der Waals surface area contributed by atoms with Crippen molar-refractivity contribution in [3.8, 4) is 0 Å². The van der Waals surface area contributed by atoms with E-state index in [4.69, 9.17) is 4.74 Å². The number of amides is 1. The summed E-state index contributed by atoms with van der Waals surface area (Å²) in [5.41, 5.74) is 2.27. The van der Waals surface area contributed by atoms with Crippen LogP contribution in [0.4, 0.5) is 5.00 Å². The standard InChI is InChI=1S/C16H21NO3S/c1-4-10(3)14(18)17-15-13(16(19)20-5-2)11-8-6-7-9-12(11)21-15/h4H,5-9H2,1-3H3,(H,17,18)/b10-4+. The summed E-state index contributed by atoms with van der Waals surface area (Å²) in [5, 5.41) is 3.50. The fourth-order valence-electron chi connectivity index (χ4n) is 2.41. The number of carbonyl (C=O) groups excluding carboxylic acids is 2. The maximum absolute atomic E-state index is 12.2. The Labute approximate surface area is 129 Å². The Balaban J connectivity index is 2.37. The Morgan fingerprint density at radius 3 is 2.71 bits per heavy atom. The van der Waals surface area contributed by atoms with Crippen LogP contribution in [0.3, 0.4) is 0 Å². The molecule has 1 aliphatic carbocycles. The van der Waals surface area contributed by atoms with Gasteiger partial charge in [-0.25, -0.2) is 4.79 Å². The van der Waals surface area contributed by atoms with E-state index in [-0.39, 0.29) is 11.9 Å². The van der Waals surface area contributed by atoms with Crippen molar-refractivity contribution in [1.29, 1.82) is 0 Å². The van der Waals surface area contributed by atoms with Crippen LogP contribution in [0.5, 0.6) is 0 Å². The molecule has 0 spiro atoms. The predicted molar refractivity (Wildman–Crippen MR) is 85.0 cm³/mol. The molecule has 114 valence electrons. The lowest BCUT2D eigenvalue weighted by atomic mass is 9.95. The number of thiophene rings is 1. The van der Waals surface area contributed by atoms with Crippen LogP contribution in [0.1, 0.15) is 54.4 Å². The second-order valence-corrected chi connectivity index (χ2v) is 6.17. The Hall–Kier alpha value is -1.62. The topological polar surface area (TPSA) is 55.4 Å². The number of hydrogen-bond acceptors (Lipinski definition) is 4. The first-order valence-corrected chi connectivity index (χ1v) is 8.16. The number of anilines is 1. The zero-order valence-corrected chi connectivity index (χ0v) is 13.6. The second-order valence-electron chi connectivity index (χ2n) is 5.06. The molecule has 1 aromatic rings. The van der Waals surface area contributed by atoms with Crippen molar-refractivity contribution in [2.45, 2.75) is 46.5 Å². The minimum absolute atomic E-state index is 0.165. The summed E-state index contributed by atoms with van der Waals surface area (Å²) < 4.78 is 5.16. The zero-order chi connectivity index (χ0) is 15.4. The van der Waals surface area contributed by atoms with E-state index in [9.17, 15) is 9.59 Å². The number of hydrogen-bond donors (Lipinski definition) is 1. The van der Waals surface area contributed by atoms with Crippen molar-refractivity contribution >= 4 is 28.2 Å². The third-order valence-electron chi connectivity index (χ3n) is 3.67. The molecule has 4 nitrogen and oxygen atoms in total. The summed E-state index contributed by atoms with van der Waals surface area (Å²) in [7, 11) is 0. The van der Waals surface area contributed by atoms with Crippen molar-refractivity contribution in [2.75, 3.05) is 11.9 Å². The molecule has 0 aliphatic heterocycles. The molecule has 0 fully saturated rings. The van der Waals surface area contributed by atoms with Crippen molar-refractivity contribution in [2.24, 2.45) is 0 Å². The van der Waals surface area contributed by atoms with E-state index in [1.54, 1.807) is 19.9 Å². The number of fused-ring (bicyclic) bond motifs is 1. The molecule has 0 saturated heterocycles. The van der Waals surface area contributed by atoms with Crippen LogP contribution in [0.2, 0.25) is 0 Å². The van der Waals surface area contributed by atoms with Crippen molar-refractivity contribution in [3.05, 3.63) is 27.7 Å². The van der Waals surface area contributed by atoms with Gasteiger partial charge in [0.15, 0.2) is 0 Å². The zero-order valence-electron chi connectivity index (χ0n) is 12.7. The van der Waals surface area contributed by atoms with Gasteiger partial charge in [0, 0.05) is 10.5 Å². The van der Waals surface area contributed by atoms with Crippen LogP contribution in [0, 0.1) is 0 Å². The lowest BCUT2D eigenvalue weighted by Gasteiger charge is -2.12. The Kier molecular flexibility index (Phi) is 5.17. The van der Waals surface area contributed by atoms with Gasteiger partial charge in [0.2, 0.25) is 0 Å². The third-order valence-corrected chi connectivity index (χ3v) is 4.88. The highest BCUT2D eigenvalue weighted by atomic mass is 32.1. The minimum atomic E-state index is -0.328. The largest absolute Gasteiger partial charge is 0.462 e. The first-order valence-electron chi connectivity index (χ1n) is 7.34. The van der Waals surface area contributed by atoms with Gasteiger partial charge in [0.1, 0.15) is 5.00 Å². The first-order chi connectivity index (χ1) is 10.1. The van der Waals surface area contributed by atoms with Crippen molar-refractivity contribution in [1.82, 2.24) is 0 Å². The van der Waals surface area contributed by atoms with E-state index in [1.807, 2.05) is 6.92 Å². The van der Waals surface area contributed by atoms with E-state index >= 15 is 0 Å². The van der Waals surface area contributed by atoms with Crippen LogP contribution >= 0.6 is 11.3 Å². The maximum Gasteiger partial charge on any atom is 0.341 e. The lowest BCUT2D eigenvalue weighted by molar-refractivity contribution is -0.112. The molecule has 2 rings (SSSR count). The molecule has 1 aromatic heterocycles. The highest BCUT2D eigenvalue weighted by Gasteiger charge is 2.27. The van der Waals surface area contributed by atoms with Gasteiger partial charge in [0.25, 0.3) is 5.91 Å². The molecule has 0 radical (unpaired) electrons. The first kappa shape index (κ1) is 15.8. The molecular formula is C16H21NO3S. The highest BCUT2D eigenvalue weighted by Crippen LogP contribution is 2.38. The van der Waals surface area contributed by atoms with Crippen LogP contribution in [0.25, 0.3) is 0 Å². The number of rotatable bonds is 4. The molecule has 0 atom stereocenters. The van der Waals surface area contributed by atoms with Gasteiger partial charge in [-0.05, 0) is 52.0 Å². The van der Waals surface area contributed by atoms with E-state index in [0.717, 1.165) is 31.2 Å². The van der Waals surface area contributed by atoms with Gasteiger partial charge in [-0.2, -0.15) is 0 Å². The molecule has 0 aromatic carbocycles. The van der Waals surface area contributed by atoms with Crippen LogP contribution in [0.15, 0.2) is 11.6 Å². The molecule has 1 N–H and O–H groups in total. The van der Waals surface area contributed by atoms with E-state index < -0.39 is 0 Å². The summed E-state index contributed by atoms with van der Waals surface area (Å²) in [6.07, 6.45) is 5.84.